The van der Waals surface area contributed by atoms with Gasteiger partial charge in [0.05, 0.1) is 33.1 Å². The molecule has 1 N–H and O–H groups in total. The van der Waals surface area contributed by atoms with Crippen LogP contribution in [0.25, 0.3) is 10.2 Å². The molecule has 0 atom stereocenters. The second-order valence-corrected chi connectivity index (χ2v) is 5.92. The van der Waals surface area contributed by atoms with Gasteiger partial charge in [-0.05, 0) is 30.3 Å². The molecule has 6 heteroatoms. The van der Waals surface area contributed by atoms with Gasteiger partial charge < -0.3 is 10.1 Å². The molecule has 0 radical (unpaired) electrons. The lowest BCUT2D eigenvalue weighted by atomic mass is 10.3. The minimum atomic E-state index is 0.564. The van der Waals surface area contributed by atoms with E-state index >= 15 is 0 Å². The molecule has 3 nitrogen and oxygen atoms in total. The number of aromatic nitrogens is 1. The summed E-state index contributed by atoms with van der Waals surface area (Å²) in [6.45, 7) is 0. The van der Waals surface area contributed by atoms with Gasteiger partial charge in [-0.15, -0.1) is 0 Å². The van der Waals surface area contributed by atoms with Gasteiger partial charge in [0.1, 0.15) is 5.75 Å². The predicted molar refractivity (Wildman–Crippen MR) is 85.9 cm³/mol. The molecule has 0 saturated heterocycles. The Morgan fingerprint density at radius 1 is 1.15 bits per heavy atom. The molecule has 0 bridgehead atoms. The van der Waals surface area contributed by atoms with Crippen LogP contribution in [0.4, 0.5) is 10.8 Å². The van der Waals surface area contributed by atoms with Gasteiger partial charge in [0.15, 0.2) is 5.13 Å². The van der Waals surface area contributed by atoms with Crippen molar-refractivity contribution in [3.63, 3.8) is 0 Å². The molecule has 0 aliphatic carbocycles. The maximum Gasteiger partial charge on any atom is 0.188 e. The lowest BCUT2D eigenvalue weighted by Gasteiger charge is -2.06. The van der Waals surface area contributed by atoms with E-state index in [1.54, 1.807) is 25.3 Å². The highest BCUT2D eigenvalue weighted by Gasteiger charge is 2.09. The maximum absolute atomic E-state index is 6.14. The zero-order valence-corrected chi connectivity index (χ0v) is 12.8. The summed E-state index contributed by atoms with van der Waals surface area (Å²) in [6, 6.07) is 11.1. The van der Waals surface area contributed by atoms with Crippen LogP contribution in [-0.4, -0.2) is 12.1 Å². The number of thiazole rings is 1. The highest BCUT2D eigenvalue weighted by molar-refractivity contribution is 7.22. The Hall–Kier alpha value is -1.49. The molecule has 0 aliphatic heterocycles. The van der Waals surface area contributed by atoms with Gasteiger partial charge in [0.2, 0.25) is 0 Å². The van der Waals surface area contributed by atoms with E-state index in [2.05, 4.69) is 10.3 Å². The summed E-state index contributed by atoms with van der Waals surface area (Å²) in [5.41, 5.74) is 1.57. The molecule has 0 aliphatic rings. The first-order valence-electron chi connectivity index (χ1n) is 5.83. The summed E-state index contributed by atoms with van der Waals surface area (Å²) in [7, 11) is 1.64. The largest absolute Gasteiger partial charge is 0.497 e. The summed E-state index contributed by atoms with van der Waals surface area (Å²) >= 11 is 13.8. The van der Waals surface area contributed by atoms with E-state index < -0.39 is 0 Å². The van der Waals surface area contributed by atoms with Gasteiger partial charge in [-0.2, -0.15) is 0 Å². The maximum atomic E-state index is 6.14. The third-order valence-corrected chi connectivity index (χ3v) is 4.35. The van der Waals surface area contributed by atoms with Crippen molar-refractivity contribution in [1.29, 1.82) is 0 Å². The topological polar surface area (TPSA) is 34.1 Å². The summed E-state index contributed by atoms with van der Waals surface area (Å²) in [4.78, 5) is 4.50. The number of rotatable bonds is 3. The molecule has 0 fully saturated rings. The van der Waals surface area contributed by atoms with Crippen LogP contribution >= 0.6 is 34.5 Å². The van der Waals surface area contributed by atoms with Crippen LogP contribution in [-0.2, 0) is 0 Å². The van der Waals surface area contributed by atoms with Gasteiger partial charge in [-0.1, -0.05) is 40.6 Å². The monoisotopic (exact) mass is 324 g/mol. The third-order valence-electron chi connectivity index (χ3n) is 2.79. The van der Waals surface area contributed by atoms with E-state index in [0.29, 0.717) is 15.7 Å². The Morgan fingerprint density at radius 3 is 2.60 bits per heavy atom. The van der Waals surface area contributed by atoms with Crippen LogP contribution in [0, 0.1) is 0 Å². The summed E-state index contributed by atoms with van der Waals surface area (Å²) in [5.74, 6) is 0.809. The number of anilines is 2. The Bertz CT molecular complexity index is 753. The second kappa shape index (κ2) is 5.48. The molecule has 1 heterocycles. The number of hydrogen-bond donors (Lipinski definition) is 1. The lowest BCUT2D eigenvalue weighted by molar-refractivity contribution is 0.415. The number of ether oxygens (including phenoxy) is 1. The smallest absolute Gasteiger partial charge is 0.188 e. The number of nitrogens with zero attached hydrogens (tertiary/aromatic N) is 1. The van der Waals surface area contributed by atoms with Gasteiger partial charge in [0.25, 0.3) is 0 Å². The van der Waals surface area contributed by atoms with Crippen LogP contribution in [0.3, 0.4) is 0 Å². The van der Waals surface area contributed by atoms with Gasteiger partial charge in [-0.25, -0.2) is 4.98 Å². The fourth-order valence-corrected chi connectivity index (χ4v) is 3.20. The highest BCUT2D eigenvalue weighted by atomic mass is 35.5. The Balaban J connectivity index is 1.99. The van der Waals surface area contributed by atoms with Crippen molar-refractivity contribution in [2.75, 3.05) is 12.4 Å². The van der Waals surface area contributed by atoms with E-state index in [-0.39, 0.29) is 0 Å². The fourth-order valence-electron chi connectivity index (χ4n) is 1.81. The second-order valence-electron chi connectivity index (χ2n) is 4.07. The Kier molecular flexibility index (Phi) is 3.70. The predicted octanol–water partition coefficient (Wildman–Crippen LogP) is 5.36. The van der Waals surface area contributed by atoms with Crippen LogP contribution in [0.2, 0.25) is 10.0 Å². The van der Waals surface area contributed by atoms with Crippen molar-refractivity contribution >= 4 is 55.6 Å². The minimum Gasteiger partial charge on any atom is -0.497 e. The molecule has 20 heavy (non-hydrogen) atoms. The number of hydrogen-bond acceptors (Lipinski definition) is 4. The van der Waals surface area contributed by atoms with Gasteiger partial charge in [0, 0.05) is 0 Å². The first-order chi connectivity index (χ1) is 9.67. The molecule has 1 aromatic heterocycles. The van der Waals surface area contributed by atoms with Crippen LogP contribution in [0.1, 0.15) is 0 Å². The molecule has 0 spiro atoms. The molecular weight excluding hydrogens is 315 g/mol. The first-order valence-corrected chi connectivity index (χ1v) is 7.40. The highest BCUT2D eigenvalue weighted by Crippen LogP contribution is 2.36. The van der Waals surface area contributed by atoms with Crippen LogP contribution < -0.4 is 10.1 Å². The first kappa shape index (κ1) is 13.5. The molecular formula is C14H10Cl2N2OS. The normalized spacial score (nSPS) is 10.8. The summed E-state index contributed by atoms with van der Waals surface area (Å²) < 4.78 is 6.24. The van der Waals surface area contributed by atoms with Gasteiger partial charge in [-0.3, -0.25) is 0 Å². The molecule has 0 saturated carbocycles. The zero-order chi connectivity index (χ0) is 14.1. The third kappa shape index (κ3) is 2.54. The number of halogens is 2. The minimum absolute atomic E-state index is 0.564. The van der Waals surface area contributed by atoms with Crippen molar-refractivity contribution in [3.05, 3.63) is 46.4 Å². The van der Waals surface area contributed by atoms with Crippen molar-refractivity contribution in [3.8, 4) is 5.75 Å². The quantitative estimate of drug-likeness (QED) is 0.704. The van der Waals surface area contributed by atoms with Crippen LogP contribution in [0.15, 0.2) is 36.4 Å². The number of nitrogens with one attached hydrogen (secondary N) is 1. The molecule has 2 aromatic carbocycles. The van der Waals surface area contributed by atoms with E-state index in [0.717, 1.165) is 21.1 Å². The Labute approximate surface area is 130 Å². The average molecular weight is 325 g/mol. The number of para-hydroxylation sites is 1. The molecule has 0 amide bonds. The summed E-state index contributed by atoms with van der Waals surface area (Å²) in [5, 5.41) is 5.04. The number of methoxy groups -OCH3 is 1. The number of benzene rings is 2. The van der Waals surface area contributed by atoms with E-state index in [4.69, 9.17) is 27.9 Å². The van der Waals surface area contributed by atoms with E-state index in [9.17, 15) is 0 Å². The molecule has 0 unspecified atom stereocenters. The van der Waals surface area contributed by atoms with Crippen molar-refractivity contribution < 1.29 is 4.74 Å². The average Bonchev–Trinajstić information content (AvgIpc) is 2.84. The standard InChI is InChI=1S/C14H10Cl2N2OS/c1-19-8-5-6-11-12(7-8)20-14(17-11)18-13-9(15)3-2-4-10(13)16/h2-7H,1H3,(H,17,18). The molecule has 102 valence electrons. The fraction of sp³-hybridized carbons (Fsp3) is 0.0714. The molecule has 3 aromatic rings. The van der Waals surface area contributed by atoms with Crippen molar-refractivity contribution in [2.45, 2.75) is 0 Å². The van der Waals surface area contributed by atoms with Crippen molar-refractivity contribution in [2.24, 2.45) is 0 Å². The summed E-state index contributed by atoms with van der Waals surface area (Å²) in [6.07, 6.45) is 0. The zero-order valence-electron chi connectivity index (χ0n) is 10.5. The van der Waals surface area contributed by atoms with E-state index in [1.165, 1.54) is 11.3 Å². The Morgan fingerprint density at radius 2 is 1.90 bits per heavy atom. The SMILES string of the molecule is COc1ccc2nc(Nc3c(Cl)cccc3Cl)sc2c1. The van der Waals surface area contributed by atoms with Gasteiger partial charge >= 0.3 is 0 Å². The van der Waals surface area contributed by atoms with Crippen LogP contribution in [0.5, 0.6) is 5.75 Å². The lowest BCUT2D eigenvalue weighted by Crippen LogP contribution is -1.91. The van der Waals surface area contributed by atoms with Crippen molar-refractivity contribution in [1.82, 2.24) is 4.98 Å². The molecule has 3 rings (SSSR count). The van der Waals surface area contributed by atoms with E-state index in [1.807, 2.05) is 18.2 Å². The number of fused-ring (bicyclic) bond motifs is 1.